The van der Waals surface area contributed by atoms with Crippen LogP contribution in [0.5, 0.6) is 5.75 Å². The predicted octanol–water partition coefficient (Wildman–Crippen LogP) is 1.69. The molecule has 1 aromatic heterocycles. The maximum absolute atomic E-state index is 12.0. The minimum atomic E-state index is -5.04. The summed E-state index contributed by atoms with van der Waals surface area (Å²) >= 11 is 0. The molecule has 6 nitrogen and oxygen atoms in total. The van der Waals surface area contributed by atoms with Crippen LogP contribution < -0.4 is 4.74 Å². The number of halogens is 3. The van der Waals surface area contributed by atoms with Crippen molar-refractivity contribution in [2.24, 2.45) is 0 Å². The van der Waals surface area contributed by atoms with Gasteiger partial charge < -0.3 is 9.84 Å². The lowest BCUT2D eigenvalue weighted by molar-refractivity contribution is -0.388. The number of aryl methyl sites for hydroxylation is 1. The van der Waals surface area contributed by atoms with Crippen LogP contribution in [-0.2, 0) is 6.61 Å². The first-order chi connectivity index (χ1) is 7.74. The van der Waals surface area contributed by atoms with E-state index in [4.69, 9.17) is 5.11 Å². The molecule has 0 saturated heterocycles. The number of aliphatic hydroxyl groups is 1. The van der Waals surface area contributed by atoms with E-state index < -0.39 is 29.3 Å². The van der Waals surface area contributed by atoms with Gasteiger partial charge >= 0.3 is 12.0 Å². The van der Waals surface area contributed by atoms with Crippen LogP contribution in [0.25, 0.3) is 0 Å². The molecule has 1 aromatic rings. The van der Waals surface area contributed by atoms with Crippen molar-refractivity contribution < 1.29 is 27.9 Å². The number of ether oxygens (including phenoxy) is 1. The molecule has 1 N–H and O–H groups in total. The summed E-state index contributed by atoms with van der Waals surface area (Å²) in [5.41, 5.74) is -1.32. The van der Waals surface area contributed by atoms with Crippen LogP contribution in [-0.4, -0.2) is 21.4 Å². The van der Waals surface area contributed by atoms with E-state index >= 15 is 0 Å². The summed E-state index contributed by atoms with van der Waals surface area (Å²) in [6, 6.07) is 0.730. The number of hydrogen-bond acceptors (Lipinski definition) is 5. The summed E-state index contributed by atoms with van der Waals surface area (Å²) < 4.78 is 39.6. The number of rotatable bonds is 3. The SMILES string of the molecule is Cc1nc(CO)cc([N+](=O)[O-])c1OC(F)(F)F. The average Bonchev–Trinajstić information content (AvgIpc) is 2.18. The van der Waals surface area contributed by atoms with Gasteiger partial charge in [-0.05, 0) is 6.92 Å². The van der Waals surface area contributed by atoms with Gasteiger partial charge in [0.25, 0.3) is 0 Å². The molecular weight excluding hydrogens is 245 g/mol. The molecule has 0 aliphatic carbocycles. The number of pyridine rings is 1. The fourth-order valence-electron chi connectivity index (χ4n) is 1.17. The number of alkyl halides is 3. The first-order valence-corrected chi connectivity index (χ1v) is 4.26. The summed E-state index contributed by atoms with van der Waals surface area (Å²) in [5, 5.41) is 19.3. The molecule has 0 saturated carbocycles. The van der Waals surface area contributed by atoms with Gasteiger partial charge in [0.05, 0.1) is 22.9 Å². The lowest BCUT2D eigenvalue weighted by Crippen LogP contribution is -2.19. The van der Waals surface area contributed by atoms with Crippen molar-refractivity contribution in [3.05, 3.63) is 27.6 Å². The number of nitro groups is 1. The molecule has 0 spiro atoms. The highest BCUT2D eigenvalue weighted by molar-refractivity contribution is 5.49. The molecule has 0 unspecified atom stereocenters. The zero-order valence-corrected chi connectivity index (χ0v) is 8.48. The highest BCUT2D eigenvalue weighted by Crippen LogP contribution is 2.34. The normalized spacial score (nSPS) is 11.4. The van der Waals surface area contributed by atoms with Crippen LogP contribution >= 0.6 is 0 Å². The van der Waals surface area contributed by atoms with Crippen LogP contribution in [0.15, 0.2) is 6.07 Å². The molecular formula is C8H7F3N2O4. The molecule has 0 aromatic carbocycles. The summed E-state index contributed by atoms with van der Waals surface area (Å²) in [5.74, 6) is -0.972. The minimum Gasteiger partial charge on any atom is -0.396 e. The van der Waals surface area contributed by atoms with E-state index in [2.05, 4.69) is 9.72 Å². The van der Waals surface area contributed by atoms with E-state index in [1.54, 1.807) is 0 Å². The lowest BCUT2D eigenvalue weighted by Gasteiger charge is -2.11. The van der Waals surface area contributed by atoms with E-state index in [1.807, 2.05) is 0 Å². The second-order valence-corrected chi connectivity index (χ2v) is 3.01. The van der Waals surface area contributed by atoms with Crippen molar-refractivity contribution in [3.8, 4) is 5.75 Å². The van der Waals surface area contributed by atoms with Crippen molar-refractivity contribution in [2.75, 3.05) is 0 Å². The number of aliphatic hydroxyl groups excluding tert-OH is 1. The lowest BCUT2D eigenvalue weighted by atomic mass is 10.2. The van der Waals surface area contributed by atoms with Crippen molar-refractivity contribution >= 4 is 5.69 Å². The second kappa shape index (κ2) is 4.53. The summed E-state index contributed by atoms with van der Waals surface area (Å²) in [4.78, 5) is 13.1. The Labute approximate surface area is 92.8 Å². The van der Waals surface area contributed by atoms with E-state index in [9.17, 15) is 23.3 Å². The minimum absolute atomic E-state index is 0.108. The zero-order valence-electron chi connectivity index (χ0n) is 8.48. The van der Waals surface area contributed by atoms with Crippen LogP contribution in [0, 0.1) is 17.0 Å². The fraction of sp³-hybridized carbons (Fsp3) is 0.375. The Kier molecular flexibility index (Phi) is 3.51. The summed E-state index contributed by atoms with van der Waals surface area (Å²) in [7, 11) is 0. The summed E-state index contributed by atoms with van der Waals surface area (Å²) in [6.07, 6.45) is -5.04. The predicted molar refractivity (Wildman–Crippen MR) is 48.2 cm³/mol. The Morgan fingerprint density at radius 2 is 2.18 bits per heavy atom. The average molecular weight is 252 g/mol. The van der Waals surface area contributed by atoms with Crippen molar-refractivity contribution in [2.45, 2.75) is 19.9 Å². The maximum atomic E-state index is 12.0. The van der Waals surface area contributed by atoms with Gasteiger partial charge in [0.1, 0.15) is 0 Å². The van der Waals surface area contributed by atoms with E-state index in [-0.39, 0.29) is 11.4 Å². The van der Waals surface area contributed by atoms with Crippen LogP contribution in [0.1, 0.15) is 11.4 Å². The second-order valence-electron chi connectivity index (χ2n) is 3.01. The van der Waals surface area contributed by atoms with Gasteiger partial charge in [-0.3, -0.25) is 15.1 Å². The molecule has 17 heavy (non-hydrogen) atoms. The standard InChI is InChI=1S/C8H7F3N2O4/c1-4-7(17-8(9,10)11)6(13(15)16)2-5(3-14)12-4/h2,14H,3H2,1H3. The van der Waals surface area contributed by atoms with Crippen molar-refractivity contribution in [3.63, 3.8) is 0 Å². The van der Waals surface area contributed by atoms with E-state index in [0.29, 0.717) is 0 Å². The van der Waals surface area contributed by atoms with E-state index in [1.165, 1.54) is 0 Å². The summed E-state index contributed by atoms with van der Waals surface area (Å²) in [6.45, 7) is 0.501. The Morgan fingerprint density at radius 3 is 2.59 bits per heavy atom. The quantitative estimate of drug-likeness (QED) is 0.653. The monoisotopic (exact) mass is 252 g/mol. The molecule has 0 fully saturated rings. The third-order valence-corrected chi connectivity index (χ3v) is 1.75. The molecule has 1 rings (SSSR count). The first kappa shape index (κ1) is 13.2. The van der Waals surface area contributed by atoms with Crippen LogP contribution in [0.3, 0.4) is 0 Å². The Bertz CT molecular complexity index is 447. The van der Waals surface area contributed by atoms with Gasteiger partial charge in [-0.1, -0.05) is 0 Å². The number of aromatic nitrogens is 1. The van der Waals surface area contributed by atoms with Gasteiger partial charge in [0.15, 0.2) is 0 Å². The molecule has 1 heterocycles. The highest BCUT2D eigenvalue weighted by atomic mass is 19.4. The molecule has 0 amide bonds. The van der Waals surface area contributed by atoms with Crippen molar-refractivity contribution in [1.82, 2.24) is 4.98 Å². The fourth-order valence-corrected chi connectivity index (χ4v) is 1.17. The Balaban J connectivity index is 3.32. The van der Waals surface area contributed by atoms with Gasteiger partial charge in [-0.2, -0.15) is 0 Å². The topological polar surface area (TPSA) is 85.5 Å². The number of nitrogens with zero attached hydrogens (tertiary/aromatic N) is 2. The van der Waals surface area contributed by atoms with Gasteiger partial charge in [-0.15, -0.1) is 13.2 Å². The molecule has 94 valence electrons. The van der Waals surface area contributed by atoms with Crippen LogP contribution in [0.4, 0.5) is 18.9 Å². The van der Waals surface area contributed by atoms with E-state index in [0.717, 1.165) is 13.0 Å². The number of hydrogen-bond donors (Lipinski definition) is 1. The largest absolute Gasteiger partial charge is 0.573 e. The molecule has 0 aliphatic heterocycles. The highest BCUT2D eigenvalue weighted by Gasteiger charge is 2.36. The van der Waals surface area contributed by atoms with Gasteiger partial charge in [-0.25, -0.2) is 0 Å². The molecule has 0 atom stereocenters. The third-order valence-electron chi connectivity index (χ3n) is 1.75. The third kappa shape index (κ3) is 3.28. The first-order valence-electron chi connectivity index (χ1n) is 4.26. The Morgan fingerprint density at radius 1 is 1.59 bits per heavy atom. The molecule has 9 heteroatoms. The van der Waals surface area contributed by atoms with Gasteiger partial charge in [0.2, 0.25) is 5.75 Å². The zero-order chi connectivity index (χ0) is 13.2. The molecule has 0 aliphatic rings. The Hall–Kier alpha value is -1.90. The van der Waals surface area contributed by atoms with Gasteiger partial charge in [0, 0.05) is 6.07 Å². The maximum Gasteiger partial charge on any atom is 0.573 e. The smallest absolute Gasteiger partial charge is 0.396 e. The van der Waals surface area contributed by atoms with Crippen molar-refractivity contribution in [1.29, 1.82) is 0 Å². The van der Waals surface area contributed by atoms with Crippen LogP contribution in [0.2, 0.25) is 0 Å². The molecule has 0 bridgehead atoms. The molecule has 0 radical (unpaired) electrons.